The van der Waals surface area contributed by atoms with Gasteiger partial charge in [-0.1, -0.05) is 18.2 Å². The Bertz CT molecular complexity index is 1570. The summed E-state index contributed by atoms with van der Waals surface area (Å²) < 4.78 is 11.6. The van der Waals surface area contributed by atoms with Crippen molar-refractivity contribution in [3.8, 4) is 17.4 Å². The number of amides is 1. The van der Waals surface area contributed by atoms with Gasteiger partial charge in [0.1, 0.15) is 13.2 Å². The normalized spacial score (nSPS) is 16.3. The Labute approximate surface area is 233 Å². The van der Waals surface area contributed by atoms with E-state index in [1.54, 1.807) is 19.2 Å². The number of nitrogens with one attached hydrogen (secondary N) is 2. The van der Waals surface area contributed by atoms with Gasteiger partial charge in [-0.3, -0.25) is 9.69 Å². The summed E-state index contributed by atoms with van der Waals surface area (Å²) in [5.74, 6) is 1.10. The monoisotopic (exact) mass is 539 g/mol. The third kappa shape index (κ3) is 5.25. The number of carbonyl (C=O) groups excluding carboxylic acids is 1. The summed E-state index contributed by atoms with van der Waals surface area (Å²) in [6, 6.07) is 19.2. The van der Waals surface area contributed by atoms with Gasteiger partial charge in [-0.2, -0.15) is 0 Å². The topological polar surface area (TPSA) is 102 Å². The Balaban J connectivity index is 1.39. The van der Waals surface area contributed by atoms with Crippen LogP contribution in [0.15, 0.2) is 65.7 Å². The number of nitrogens with zero attached hydrogens (tertiary/aromatic N) is 3. The number of H-pyrrole nitrogens is 1. The second kappa shape index (κ2) is 11.0. The molecule has 3 N–H and O–H groups in total. The van der Waals surface area contributed by atoms with Crippen molar-refractivity contribution in [3.63, 3.8) is 0 Å². The number of piperazine rings is 1. The van der Waals surface area contributed by atoms with E-state index in [2.05, 4.69) is 39.3 Å². The lowest BCUT2D eigenvalue weighted by atomic mass is 9.99. The maximum Gasteiger partial charge on any atom is 0.251 e. The fourth-order valence-corrected chi connectivity index (χ4v) is 5.23. The Hall–Kier alpha value is -4.34. The average molecular weight is 540 g/mol. The second-order valence-electron chi connectivity index (χ2n) is 10.3. The highest BCUT2D eigenvalue weighted by molar-refractivity contribution is 6.22. The van der Waals surface area contributed by atoms with Gasteiger partial charge in [0.05, 0.1) is 17.0 Å². The van der Waals surface area contributed by atoms with Crippen molar-refractivity contribution in [1.82, 2.24) is 20.1 Å². The molecule has 3 heterocycles. The number of fused-ring (bicyclic) bond motifs is 2. The molecule has 0 aliphatic carbocycles. The first-order valence-electron chi connectivity index (χ1n) is 13.5. The fourth-order valence-electron chi connectivity index (χ4n) is 5.23. The first kappa shape index (κ1) is 25.9. The van der Waals surface area contributed by atoms with Crippen LogP contribution in [0.4, 0.5) is 5.69 Å². The van der Waals surface area contributed by atoms with E-state index >= 15 is 0 Å². The predicted molar refractivity (Wildman–Crippen MR) is 155 cm³/mol. The van der Waals surface area contributed by atoms with E-state index in [0.29, 0.717) is 47.1 Å². The maximum atomic E-state index is 12.2. The number of hydrogen-bond donors (Lipinski definition) is 3. The summed E-state index contributed by atoms with van der Waals surface area (Å²) in [4.78, 5) is 25.1. The van der Waals surface area contributed by atoms with Crippen molar-refractivity contribution < 1.29 is 19.4 Å². The van der Waals surface area contributed by atoms with E-state index in [0.717, 1.165) is 49.4 Å². The van der Waals surface area contributed by atoms with E-state index in [1.165, 1.54) is 5.56 Å². The number of aromatic amines is 1. The quantitative estimate of drug-likeness (QED) is 0.321. The summed E-state index contributed by atoms with van der Waals surface area (Å²) in [6.07, 6.45) is 0. The molecule has 1 amide bonds. The molecule has 0 atom stereocenters. The van der Waals surface area contributed by atoms with E-state index in [1.807, 2.05) is 36.4 Å². The minimum Gasteiger partial charge on any atom is -0.494 e. The molecule has 0 spiro atoms. The summed E-state index contributed by atoms with van der Waals surface area (Å²) in [5.41, 5.74) is 5.05. The molecule has 4 aromatic rings. The highest BCUT2D eigenvalue weighted by Gasteiger charge is 2.22. The van der Waals surface area contributed by atoms with Crippen LogP contribution in [-0.4, -0.2) is 85.0 Å². The molecular formula is C31H33N5O4. The number of aromatic nitrogens is 1. The van der Waals surface area contributed by atoms with Gasteiger partial charge in [0.25, 0.3) is 5.91 Å². The zero-order valence-corrected chi connectivity index (χ0v) is 22.7. The number of rotatable bonds is 6. The van der Waals surface area contributed by atoms with Gasteiger partial charge in [0.2, 0.25) is 0 Å². The summed E-state index contributed by atoms with van der Waals surface area (Å²) >= 11 is 0. The smallest absolute Gasteiger partial charge is 0.251 e. The van der Waals surface area contributed by atoms with Gasteiger partial charge in [-0.15, -0.1) is 0 Å². The molecular weight excluding hydrogens is 506 g/mol. The number of aliphatic imine (C=N–C) groups is 1. The molecule has 40 heavy (non-hydrogen) atoms. The largest absolute Gasteiger partial charge is 0.494 e. The van der Waals surface area contributed by atoms with Crippen LogP contribution in [0.1, 0.15) is 27.0 Å². The molecule has 1 aromatic heterocycles. The van der Waals surface area contributed by atoms with Crippen LogP contribution in [0.2, 0.25) is 0 Å². The molecule has 1 saturated heterocycles. The Morgan fingerprint density at radius 1 is 0.950 bits per heavy atom. The van der Waals surface area contributed by atoms with Crippen LogP contribution >= 0.6 is 0 Å². The Kier molecular flexibility index (Phi) is 7.15. The number of likely N-dealkylation sites (N-methyl/N-ethyl adjacent to an activating group) is 1. The maximum absolute atomic E-state index is 12.2. The van der Waals surface area contributed by atoms with E-state index in [9.17, 15) is 9.90 Å². The number of aromatic hydroxyl groups is 1. The van der Waals surface area contributed by atoms with Gasteiger partial charge in [0.15, 0.2) is 17.4 Å². The minimum absolute atomic E-state index is 0.0237. The van der Waals surface area contributed by atoms with Crippen LogP contribution in [0.3, 0.4) is 0 Å². The lowest BCUT2D eigenvalue weighted by Gasteiger charge is -2.32. The predicted octanol–water partition coefficient (Wildman–Crippen LogP) is 3.92. The molecule has 9 nitrogen and oxygen atoms in total. The van der Waals surface area contributed by atoms with Gasteiger partial charge >= 0.3 is 0 Å². The number of hydrogen-bond acceptors (Lipinski definition) is 7. The fraction of sp³-hybridized carbons (Fsp3) is 0.290. The van der Waals surface area contributed by atoms with Crippen molar-refractivity contribution in [2.45, 2.75) is 6.54 Å². The van der Waals surface area contributed by atoms with Crippen molar-refractivity contribution in [1.29, 1.82) is 0 Å². The molecule has 0 saturated carbocycles. The van der Waals surface area contributed by atoms with Crippen LogP contribution < -0.4 is 14.8 Å². The minimum atomic E-state index is -0.199. The number of ether oxygens (including phenoxy) is 2. The Morgan fingerprint density at radius 2 is 1.68 bits per heavy atom. The van der Waals surface area contributed by atoms with Gasteiger partial charge < -0.3 is 29.8 Å². The van der Waals surface area contributed by atoms with Crippen molar-refractivity contribution in [2.75, 3.05) is 53.5 Å². The molecule has 0 radical (unpaired) electrons. The molecule has 0 unspecified atom stereocenters. The summed E-state index contributed by atoms with van der Waals surface area (Å²) in [7, 11) is 3.75. The molecule has 3 aromatic carbocycles. The molecule has 2 aliphatic heterocycles. The molecule has 9 heteroatoms. The standard InChI is InChI=1S/C31H33N5O4/c1-32-30(37)22-5-9-24-25(17-22)34-31(38)28(24)29(21-6-10-26-27(18-21)40-16-15-39-26)33-23-7-3-20(4-8-23)19-36-13-11-35(2)12-14-36/h3-10,17-18,34,38H,11-16,19H2,1-2H3,(H,32,37). The number of carbonyl (C=O) groups is 1. The molecule has 1 fully saturated rings. The van der Waals surface area contributed by atoms with Crippen LogP contribution in [-0.2, 0) is 6.54 Å². The number of benzene rings is 3. The molecule has 206 valence electrons. The zero-order valence-electron chi connectivity index (χ0n) is 22.7. The van der Waals surface area contributed by atoms with Crippen LogP contribution in [0.5, 0.6) is 17.4 Å². The lowest BCUT2D eigenvalue weighted by Crippen LogP contribution is -2.43. The highest BCUT2D eigenvalue weighted by Crippen LogP contribution is 2.36. The molecule has 2 aliphatic rings. The van der Waals surface area contributed by atoms with Gasteiger partial charge in [0, 0.05) is 61.8 Å². The van der Waals surface area contributed by atoms with E-state index in [-0.39, 0.29) is 11.8 Å². The van der Waals surface area contributed by atoms with Crippen molar-refractivity contribution in [3.05, 3.63) is 82.9 Å². The van der Waals surface area contributed by atoms with Gasteiger partial charge in [-0.05, 0) is 55.1 Å². The van der Waals surface area contributed by atoms with Crippen molar-refractivity contribution in [2.24, 2.45) is 4.99 Å². The first-order chi connectivity index (χ1) is 19.5. The van der Waals surface area contributed by atoms with E-state index < -0.39 is 0 Å². The van der Waals surface area contributed by atoms with E-state index in [4.69, 9.17) is 14.5 Å². The average Bonchev–Trinajstić information content (AvgIpc) is 3.31. The third-order valence-electron chi connectivity index (χ3n) is 7.50. The Morgan fingerprint density at radius 3 is 2.42 bits per heavy atom. The highest BCUT2D eigenvalue weighted by atomic mass is 16.6. The first-order valence-corrected chi connectivity index (χ1v) is 13.5. The third-order valence-corrected chi connectivity index (χ3v) is 7.50. The van der Waals surface area contributed by atoms with Crippen LogP contribution in [0.25, 0.3) is 10.9 Å². The summed E-state index contributed by atoms with van der Waals surface area (Å²) in [6.45, 7) is 6.17. The molecule has 6 rings (SSSR count). The van der Waals surface area contributed by atoms with Crippen molar-refractivity contribution >= 4 is 28.2 Å². The SMILES string of the molecule is CNC(=O)c1ccc2c(C(=Nc3ccc(CN4CCN(C)CC4)cc3)c3ccc4c(c3)OCCO4)c(O)[nH]c2c1. The van der Waals surface area contributed by atoms with Gasteiger partial charge in [-0.25, -0.2) is 4.99 Å². The summed E-state index contributed by atoms with van der Waals surface area (Å²) in [5, 5.41) is 14.5. The second-order valence-corrected chi connectivity index (χ2v) is 10.3. The lowest BCUT2D eigenvalue weighted by molar-refractivity contribution is 0.0963. The molecule has 0 bridgehead atoms. The zero-order chi connectivity index (χ0) is 27.6. The van der Waals surface area contributed by atoms with Crippen LogP contribution in [0, 0.1) is 0 Å².